The monoisotopic (exact) mass is 290 g/mol. The van der Waals surface area contributed by atoms with Crippen molar-refractivity contribution in [2.45, 2.75) is 19.9 Å². The first kappa shape index (κ1) is 13.2. The Morgan fingerprint density at radius 2 is 2.33 bits per heavy atom. The first-order chi connectivity index (χ1) is 7.11. The van der Waals surface area contributed by atoms with Crippen molar-refractivity contribution in [2.24, 2.45) is 11.7 Å². The third-order valence-corrected chi connectivity index (χ3v) is 4.03. The fourth-order valence-corrected chi connectivity index (χ4v) is 2.58. The molecule has 0 aromatic carbocycles. The molecule has 0 fully saturated rings. The quantitative estimate of drug-likeness (QED) is 0.873. The Balaban J connectivity index is 2.27. The number of hydrogen-bond acceptors (Lipinski definition) is 3. The molecule has 2 N–H and O–H groups in total. The summed E-state index contributed by atoms with van der Waals surface area (Å²) in [6.45, 7) is 5.14. The van der Waals surface area contributed by atoms with Gasteiger partial charge in [-0.25, -0.2) is 0 Å². The van der Waals surface area contributed by atoms with Crippen LogP contribution in [0.5, 0.6) is 0 Å². The summed E-state index contributed by atoms with van der Waals surface area (Å²) >= 11 is 5.22. The van der Waals surface area contributed by atoms with Gasteiger partial charge in [0.1, 0.15) is 0 Å². The average molecular weight is 291 g/mol. The van der Waals surface area contributed by atoms with Gasteiger partial charge < -0.3 is 10.6 Å². The van der Waals surface area contributed by atoms with Crippen molar-refractivity contribution < 1.29 is 0 Å². The highest BCUT2D eigenvalue weighted by molar-refractivity contribution is 9.11. The minimum absolute atomic E-state index is 0.627. The lowest BCUT2D eigenvalue weighted by atomic mass is 10.1. The molecule has 1 rings (SSSR count). The van der Waals surface area contributed by atoms with Crippen molar-refractivity contribution in [3.8, 4) is 0 Å². The maximum atomic E-state index is 5.59. The van der Waals surface area contributed by atoms with E-state index in [1.165, 1.54) is 15.8 Å². The Kier molecular flexibility index (Phi) is 5.82. The zero-order valence-corrected chi connectivity index (χ0v) is 11.8. The van der Waals surface area contributed by atoms with E-state index in [1.54, 1.807) is 11.3 Å². The van der Waals surface area contributed by atoms with Crippen LogP contribution in [0.3, 0.4) is 0 Å². The summed E-state index contributed by atoms with van der Waals surface area (Å²) in [6, 6.07) is 2.19. The van der Waals surface area contributed by atoms with E-state index >= 15 is 0 Å². The molecule has 0 saturated heterocycles. The maximum absolute atomic E-state index is 5.59. The predicted octanol–water partition coefficient (Wildman–Crippen LogP) is 2.93. The molecule has 1 atom stereocenters. The summed E-state index contributed by atoms with van der Waals surface area (Å²) in [6.07, 6.45) is 1.18. The second-order valence-corrected chi connectivity index (χ2v) is 6.42. The first-order valence-electron chi connectivity index (χ1n) is 5.23. The molecule has 0 aliphatic heterocycles. The molecule has 1 aromatic heterocycles. The fourth-order valence-electron chi connectivity index (χ4n) is 1.38. The van der Waals surface area contributed by atoms with E-state index in [2.05, 4.69) is 46.2 Å². The number of rotatable bonds is 6. The molecule has 15 heavy (non-hydrogen) atoms. The number of halogens is 1. The van der Waals surface area contributed by atoms with Crippen molar-refractivity contribution in [3.05, 3.63) is 20.8 Å². The zero-order chi connectivity index (χ0) is 11.3. The molecule has 0 spiro atoms. The van der Waals surface area contributed by atoms with Crippen LogP contribution in [-0.4, -0.2) is 25.0 Å². The van der Waals surface area contributed by atoms with Crippen LogP contribution < -0.4 is 5.73 Å². The molecule has 86 valence electrons. The molecule has 1 heterocycles. The second-order valence-electron chi connectivity index (χ2n) is 4.13. The standard InChI is InChI=1S/C11H19BrN2S/c1-9(6-13)3-4-14(2)7-10-5-11(12)15-8-10/h5,8-9H,3-4,6-7,13H2,1-2H3. The highest BCUT2D eigenvalue weighted by atomic mass is 79.9. The molecule has 0 aliphatic rings. The smallest absolute Gasteiger partial charge is 0.0701 e. The van der Waals surface area contributed by atoms with Gasteiger partial charge in [-0.3, -0.25) is 0 Å². The van der Waals surface area contributed by atoms with E-state index in [9.17, 15) is 0 Å². The Hall–Kier alpha value is 0.100. The predicted molar refractivity (Wildman–Crippen MR) is 71.2 cm³/mol. The summed E-state index contributed by atoms with van der Waals surface area (Å²) in [5.74, 6) is 0.627. The number of nitrogens with zero attached hydrogens (tertiary/aromatic N) is 1. The second kappa shape index (κ2) is 6.63. The molecule has 1 aromatic rings. The van der Waals surface area contributed by atoms with Crippen molar-refractivity contribution in [1.82, 2.24) is 4.90 Å². The van der Waals surface area contributed by atoms with Crippen LogP contribution in [0.25, 0.3) is 0 Å². The van der Waals surface area contributed by atoms with E-state index < -0.39 is 0 Å². The fraction of sp³-hybridized carbons (Fsp3) is 0.636. The molecule has 0 radical (unpaired) electrons. The van der Waals surface area contributed by atoms with Gasteiger partial charge in [-0.1, -0.05) is 6.92 Å². The van der Waals surface area contributed by atoms with E-state index in [1.807, 2.05) is 0 Å². The lowest BCUT2D eigenvalue weighted by Gasteiger charge is -2.17. The highest BCUT2D eigenvalue weighted by Crippen LogP contribution is 2.21. The van der Waals surface area contributed by atoms with Crippen molar-refractivity contribution in [3.63, 3.8) is 0 Å². The van der Waals surface area contributed by atoms with Crippen LogP contribution in [0.2, 0.25) is 0 Å². The van der Waals surface area contributed by atoms with Gasteiger partial charge in [-0.2, -0.15) is 0 Å². The molecule has 0 bridgehead atoms. The third kappa shape index (κ3) is 5.11. The first-order valence-corrected chi connectivity index (χ1v) is 6.90. The summed E-state index contributed by atoms with van der Waals surface area (Å²) < 4.78 is 1.21. The highest BCUT2D eigenvalue weighted by Gasteiger charge is 2.05. The van der Waals surface area contributed by atoms with E-state index in [0.29, 0.717) is 5.92 Å². The minimum Gasteiger partial charge on any atom is -0.330 e. The molecule has 0 saturated carbocycles. The normalized spacial score (nSPS) is 13.4. The Morgan fingerprint density at radius 1 is 1.60 bits per heavy atom. The van der Waals surface area contributed by atoms with E-state index in [4.69, 9.17) is 5.73 Å². The van der Waals surface area contributed by atoms with Gasteiger partial charge in [0, 0.05) is 6.54 Å². The lowest BCUT2D eigenvalue weighted by molar-refractivity contribution is 0.300. The molecule has 1 unspecified atom stereocenters. The van der Waals surface area contributed by atoms with Gasteiger partial charge >= 0.3 is 0 Å². The van der Waals surface area contributed by atoms with Crippen molar-refractivity contribution in [2.75, 3.05) is 20.1 Å². The van der Waals surface area contributed by atoms with Crippen LogP contribution in [-0.2, 0) is 6.54 Å². The minimum atomic E-state index is 0.627. The zero-order valence-electron chi connectivity index (χ0n) is 9.37. The number of hydrogen-bond donors (Lipinski definition) is 1. The molecule has 0 amide bonds. The largest absolute Gasteiger partial charge is 0.330 e. The van der Waals surface area contributed by atoms with Crippen LogP contribution >= 0.6 is 27.3 Å². The van der Waals surface area contributed by atoms with Gasteiger partial charge in [0.05, 0.1) is 3.79 Å². The van der Waals surface area contributed by atoms with Crippen LogP contribution in [0.1, 0.15) is 18.9 Å². The van der Waals surface area contributed by atoms with Crippen LogP contribution in [0.4, 0.5) is 0 Å². The Labute approximate surface area is 105 Å². The lowest BCUT2D eigenvalue weighted by Crippen LogP contribution is -2.22. The summed E-state index contributed by atoms with van der Waals surface area (Å²) in [5, 5.41) is 2.20. The van der Waals surface area contributed by atoms with Crippen molar-refractivity contribution >= 4 is 27.3 Å². The van der Waals surface area contributed by atoms with Gasteiger partial charge in [0.2, 0.25) is 0 Å². The SMILES string of the molecule is CC(CN)CCN(C)Cc1csc(Br)c1. The van der Waals surface area contributed by atoms with Crippen molar-refractivity contribution in [1.29, 1.82) is 0 Å². The molecule has 4 heteroatoms. The van der Waals surface area contributed by atoms with Gasteiger partial charge in [0.15, 0.2) is 0 Å². The number of nitrogens with two attached hydrogens (primary N) is 1. The maximum Gasteiger partial charge on any atom is 0.0701 e. The van der Waals surface area contributed by atoms with Gasteiger partial charge in [0.25, 0.3) is 0 Å². The summed E-state index contributed by atoms with van der Waals surface area (Å²) in [5.41, 5.74) is 6.98. The molecular formula is C11H19BrN2S. The molecule has 0 aliphatic carbocycles. The third-order valence-electron chi connectivity index (χ3n) is 2.48. The average Bonchev–Trinajstić information content (AvgIpc) is 2.60. The van der Waals surface area contributed by atoms with E-state index in [0.717, 1.165) is 19.6 Å². The molecule has 2 nitrogen and oxygen atoms in total. The summed E-state index contributed by atoms with van der Waals surface area (Å²) in [4.78, 5) is 2.35. The molecular weight excluding hydrogens is 272 g/mol. The topological polar surface area (TPSA) is 29.3 Å². The number of thiophene rings is 1. The van der Waals surface area contributed by atoms with Gasteiger partial charge in [-0.15, -0.1) is 11.3 Å². The van der Waals surface area contributed by atoms with E-state index in [-0.39, 0.29) is 0 Å². The van der Waals surface area contributed by atoms with Crippen LogP contribution in [0, 0.1) is 5.92 Å². The Bertz CT molecular complexity index is 288. The van der Waals surface area contributed by atoms with Crippen LogP contribution in [0.15, 0.2) is 15.2 Å². The van der Waals surface area contributed by atoms with Gasteiger partial charge in [-0.05, 0) is 65.4 Å². The summed E-state index contributed by atoms with van der Waals surface area (Å²) in [7, 11) is 2.16. The Morgan fingerprint density at radius 3 is 2.87 bits per heavy atom.